The van der Waals surface area contributed by atoms with E-state index in [1.54, 1.807) is 0 Å². The van der Waals surface area contributed by atoms with E-state index in [0.29, 0.717) is 11.8 Å². The van der Waals surface area contributed by atoms with Crippen molar-refractivity contribution >= 4 is 5.91 Å². The molecular weight excluding hydrogens is 264 g/mol. The predicted molar refractivity (Wildman–Crippen MR) is 83.9 cm³/mol. The Morgan fingerprint density at radius 1 is 1.14 bits per heavy atom. The summed E-state index contributed by atoms with van der Waals surface area (Å²) in [5, 5.41) is 3.37. The lowest BCUT2D eigenvalue weighted by Gasteiger charge is -2.45. The molecule has 5 nitrogen and oxygen atoms in total. The van der Waals surface area contributed by atoms with Gasteiger partial charge in [0, 0.05) is 63.9 Å². The van der Waals surface area contributed by atoms with Crippen LogP contribution in [0.4, 0.5) is 0 Å². The second kappa shape index (κ2) is 6.23. The van der Waals surface area contributed by atoms with Crippen molar-refractivity contribution in [1.82, 2.24) is 15.1 Å². The summed E-state index contributed by atoms with van der Waals surface area (Å²) in [5.74, 6) is 1.58. The molecule has 5 heteroatoms. The number of carbonyl (C=O) groups is 1. The van der Waals surface area contributed by atoms with Crippen LogP contribution in [0.5, 0.6) is 0 Å². The first-order valence-electron chi connectivity index (χ1n) is 8.57. The fourth-order valence-electron chi connectivity index (χ4n) is 4.01. The van der Waals surface area contributed by atoms with Crippen LogP contribution in [0.15, 0.2) is 0 Å². The lowest BCUT2D eigenvalue weighted by molar-refractivity contribution is -0.918. The molecule has 0 aliphatic carbocycles. The molecule has 0 saturated carbocycles. The third-order valence-electron chi connectivity index (χ3n) is 5.76. The van der Waals surface area contributed by atoms with Gasteiger partial charge >= 0.3 is 0 Å². The van der Waals surface area contributed by atoms with Crippen molar-refractivity contribution in [2.75, 3.05) is 73.0 Å². The van der Waals surface area contributed by atoms with Crippen LogP contribution in [-0.2, 0) is 4.79 Å². The van der Waals surface area contributed by atoms with Gasteiger partial charge in [0.25, 0.3) is 0 Å². The highest BCUT2D eigenvalue weighted by Gasteiger charge is 2.37. The number of likely N-dealkylation sites (tertiary alicyclic amines) is 1. The molecule has 3 aliphatic rings. The molecule has 3 saturated heterocycles. The minimum atomic E-state index is 0.291. The lowest BCUT2D eigenvalue weighted by atomic mass is 9.91. The summed E-state index contributed by atoms with van der Waals surface area (Å²) in [6, 6.07) is 0. The minimum absolute atomic E-state index is 0.291. The largest absolute Gasteiger partial charge is 0.340 e. The summed E-state index contributed by atoms with van der Waals surface area (Å²) in [5.41, 5.74) is 0. The Labute approximate surface area is 128 Å². The third-order valence-corrected chi connectivity index (χ3v) is 5.76. The summed E-state index contributed by atoms with van der Waals surface area (Å²) in [4.78, 5) is 17.1. The van der Waals surface area contributed by atoms with E-state index in [9.17, 15) is 4.79 Å². The smallest absolute Gasteiger partial charge is 0.226 e. The van der Waals surface area contributed by atoms with Crippen LogP contribution in [-0.4, -0.2) is 93.2 Å². The Morgan fingerprint density at radius 3 is 2.29 bits per heavy atom. The van der Waals surface area contributed by atoms with Crippen molar-refractivity contribution in [2.45, 2.75) is 12.8 Å². The number of hydrogen-bond donors (Lipinski definition) is 1. The number of likely N-dealkylation sites (N-methyl/N-ethyl adjacent to an activating group) is 1. The molecule has 3 aliphatic heterocycles. The zero-order valence-electron chi connectivity index (χ0n) is 13.7. The van der Waals surface area contributed by atoms with Crippen LogP contribution in [0.3, 0.4) is 0 Å². The molecule has 0 unspecified atom stereocenters. The van der Waals surface area contributed by atoms with Crippen LogP contribution < -0.4 is 5.32 Å². The molecule has 21 heavy (non-hydrogen) atoms. The molecule has 0 radical (unpaired) electrons. The molecule has 0 atom stereocenters. The van der Waals surface area contributed by atoms with Crippen molar-refractivity contribution in [3.8, 4) is 0 Å². The van der Waals surface area contributed by atoms with E-state index in [4.69, 9.17) is 0 Å². The van der Waals surface area contributed by atoms with Gasteiger partial charge in [-0.25, -0.2) is 0 Å². The van der Waals surface area contributed by atoms with Crippen molar-refractivity contribution in [3.63, 3.8) is 0 Å². The van der Waals surface area contributed by atoms with E-state index >= 15 is 0 Å². The van der Waals surface area contributed by atoms with Crippen molar-refractivity contribution in [3.05, 3.63) is 0 Å². The Bertz CT molecular complexity index is 366. The maximum atomic E-state index is 12.7. The summed E-state index contributed by atoms with van der Waals surface area (Å²) >= 11 is 0. The van der Waals surface area contributed by atoms with E-state index in [1.807, 2.05) is 0 Å². The van der Waals surface area contributed by atoms with Gasteiger partial charge in [0.2, 0.25) is 5.91 Å². The maximum Gasteiger partial charge on any atom is 0.226 e. The van der Waals surface area contributed by atoms with Crippen LogP contribution in [0.25, 0.3) is 0 Å². The van der Waals surface area contributed by atoms with Gasteiger partial charge in [-0.2, -0.15) is 0 Å². The fourth-order valence-corrected chi connectivity index (χ4v) is 4.01. The van der Waals surface area contributed by atoms with Gasteiger partial charge in [-0.1, -0.05) is 0 Å². The second-order valence-corrected chi connectivity index (χ2v) is 7.68. The maximum absolute atomic E-state index is 12.7. The number of nitrogens with zero attached hydrogens (tertiary/aromatic N) is 3. The SMILES string of the molecule is CN1CCN(C(=O)C2CC[N+](C)(CC3CNC3)CC2)CC1. The normalized spacial score (nSPS) is 35.5. The van der Waals surface area contributed by atoms with Crippen LogP contribution >= 0.6 is 0 Å². The number of hydrogen-bond acceptors (Lipinski definition) is 3. The third kappa shape index (κ3) is 3.58. The van der Waals surface area contributed by atoms with Crippen molar-refractivity contribution in [1.29, 1.82) is 0 Å². The molecule has 0 bridgehead atoms. The van der Waals surface area contributed by atoms with E-state index in [2.05, 4.69) is 29.2 Å². The molecule has 0 aromatic rings. The Balaban J connectivity index is 1.47. The number of nitrogens with one attached hydrogen (secondary N) is 1. The number of amides is 1. The number of rotatable bonds is 3. The highest BCUT2D eigenvalue weighted by Crippen LogP contribution is 2.26. The Hall–Kier alpha value is -0.650. The van der Waals surface area contributed by atoms with Gasteiger partial charge in [-0.3, -0.25) is 4.79 Å². The zero-order valence-corrected chi connectivity index (χ0v) is 13.7. The summed E-state index contributed by atoms with van der Waals surface area (Å²) in [7, 11) is 4.52. The number of carbonyl (C=O) groups excluding carboxylic acids is 1. The van der Waals surface area contributed by atoms with Gasteiger partial charge in [0.1, 0.15) is 0 Å². The van der Waals surface area contributed by atoms with Gasteiger partial charge in [0.15, 0.2) is 0 Å². The average molecular weight is 295 g/mol. The van der Waals surface area contributed by atoms with Gasteiger partial charge in [-0.05, 0) is 7.05 Å². The van der Waals surface area contributed by atoms with Crippen LogP contribution in [0.2, 0.25) is 0 Å². The molecule has 1 amide bonds. The van der Waals surface area contributed by atoms with Crippen LogP contribution in [0, 0.1) is 11.8 Å². The first kappa shape index (κ1) is 15.3. The molecule has 0 aromatic heterocycles. The first-order valence-corrected chi connectivity index (χ1v) is 8.57. The molecule has 0 spiro atoms. The number of piperidine rings is 1. The van der Waals surface area contributed by atoms with E-state index in [0.717, 1.165) is 44.9 Å². The molecular formula is C16H31N4O+. The quantitative estimate of drug-likeness (QED) is 0.735. The summed E-state index contributed by atoms with van der Waals surface area (Å²) in [6.45, 7) is 9.94. The molecule has 3 heterocycles. The summed E-state index contributed by atoms with van der Waals surface area (Å²) < 4.78 is 1.18. The van der Waals surface area contributed by atoms with Crippen LogP contribution in [0.1, 0.15) is 12.8 Å². The number of quaternary nitrogens is 1. The molecule has 0 aromatic carbocycles. The highest BCUT2D eigenvalue weighted by atomic mass is 16.2. The van der Waals surface area contributed by atoms with Gasteiger partial charge in [-0.15, -0.1) is 0 Å². The van der Waals surface area contributed by atoms with Gasteiger partial charge in [0.05, 0.1) is 26.7 Å². The predicted octanol–water partition coefficient (Wildman–Crippen LogP) is -0.164. The lowest BCUT2D eigenvalue weighted by Crippen LogP contribution is -2.59. The average Bonchev–Trinajstić information content (AvgIpc) is 2.44. The Kier molecular flexibility index (Phi) is 4.52. The zero-order chi connectivity index (χ0) is 14.9. The highest BCUT2D eigenvalue weighted by molar-refractivity contribution is 5.79. The topological polar surface area (TPSA) is 35.6 Å². The molecule has 1 N–H and O–H groups in total. The van der Waals surface area contributed by atoms with Crippen molar-refractivity contribution in [2.24, 2.45) is 11.8 Å². The number of piperazine rings is 1. The molecule has 3 rings (SSSR count). The van der Waals surface area contributed by atoms with Gasteiger partial charge < -0.3 is 19.6 Å². The fraction of sp³-hybridized carbons (Fsp3) is 0.938. The van der Waals surface area contributed by atoms with E-state index in [1.165, 1.54) is 37.2 Å². The first-order chi connectivity index (χ1) is 10.1. The minimum Gasteiger partial charge on any atom is -0.340 e. The standard InChI is InChI=1S/C16H31N4O/c1-18-5-7-19(8-6-18)16(21)15-3-9-20(2,10-4-15)13-14-11-17-12-14/h14-15,17H,3-13H2,1-2H3/q+1. The van der Waals surface area contributed by atoms with Crippen molar-refractivity contribution < 1.29 is 9.28 Å². The second-order valence-electron chi connectivity index (χ2n) is 7.68. The molecule has 3 fully saturated rings. The van der Waals surface area contributed by atoms with E-state index < -0.39 is 0 Å². The Morgan fingerprint density at radius 2 is 1.76 bits per heavy atom. The molecule has 120 valence electrons. The van der Waals surface area contributed by atoms with E-state index in [-0.39, 0.29) is 0 Å². The summed E-state index contributed by atoms with van der Waals surface area (Å²) in [6.07, 6.45) is 2.17. The monoisotopic (exact) mass is 295 g/mol.